The van der Waals surface area contributed by atoms with Crippen molar-refractivity contribution in [2.24, 2.45) is 5.41 Å². The number of halogens is 1. The molecule has 6 rings (SSSR count). The van der Waals surface area contributed by atoms with Crippen LogP contribution in [0, 0.1) is 12.3 Å². The van der Waals surface area contributed by atoms with Crippen molar-refractivity contribution in [2.75, 3.05) is 0 Å². The summed E-state index contributed by atoms with van der Waals surface area (Å²) in [5.41, 5.74) is 11.6. The molecule has 4 aromatic rings. The van der Waals surface area contributed by atoms with Gasteiger partial charge in [0, 0.05) is 16.3 Å². The molecule has 0 saturated heterocycles. The third kappa shape index (κ3) is 2.67. The molecule has 2 aliphatic carbocycles. The Labute approximate surface area is 199 Å². The number of allylic oxidation sites excluding steroid dienone is 1. The normalized spacial score (nSPS) is 17.3. The minimum atomic E-state index is 0.0284. The summed E-state index contributed by atoms with van der Waals surface area (Å²) < 4.78 is 1.14. The van der Waals surface area contributed by atoms with Gasteiger partial charge in [0.05, 0.1) is 0 Å². The molecular formula is C31H27Br. The highest BCUT2D eigenvalue weighted by atomic mass is 79.9. The summed E-state index contributed by atoms with van der Waals surface area (Å²) in [6.07, 6.45) is 2.45. The number of rotatable bonds is 2. The van der Waals surface area contributed by atoms with E-state index in [2.05, 4.69) is 122 Å². The summed E-state index contributed by atoms with van der Waals surface area (Å²) in [6.45, 7) is 9.58. The molecule has 0 bridgehead atoms. The van der Waals surface area contributed by atoms with Crippen molar-refractivity contribution in [3.63, 3.8) is 0 Å². The summed E-state index contributed by atoms with van der Waals surface area (Å²) in [5.74, 6) is 0.747. The standard InChI is InChI=1S/C31H27Br/c1-18-15-27-19(2)22-14-13-21(32)16-20(22)17-28(27)29(18)31(3,4)30-25-11-7-5-9-23(25)24-10-6-8-12-26(24)30/h5-17,29-30H,1-4H3. The van der Waals surface area contributed by atoms with Crippen LogP contribution in [0.4, 0.5) is 0 Å². The Bertz CT molecular complexity index is 1390. The van der Waals surface area contributed by atoms with E-state index in [1.54, 1.807) is 0 Å². The van der Waals surface area contributed by atoms with Gasteiger partial charge in [0.1, 0.15) is 0 Å². The average molecular weight is 479 g/mol. The number of benzene rings is 4. The monoisotopic (exact) mass is 478 g/mol. The maximum atomic E-state index is 3.68. The third-order valence-corrected chi connectivity index (χ3v) is 8.40. The zero-order valence-corrected chi connectivity index (χ0v) is 20.6. The van der Waals surface area contributed by atoms with Crippen LogP contribution in [0.3, 0.4) is 0 Å². The van der Waals surface area contributed by atoms with E-state index in [1.165, 1.54) is 55.3 Å². The van der Waals surface area contributed by atoms with Crippen molar-refractivity contribution in [1.82, 2.24) is 0 Å². The molecule has 0 nitrogen and oxygen atoms in total. The fraction of sp³-hybridized carbons (Fsp3) is 0.226. The maximum Gasteiger partial charge on any atom is 0.0181 e. The van der Waals surface area contributed by atoms with Crippen LogP contribution in [0.1, 0.15) is 60.4 Å². The first-order chi connectivity index (χ1) is 15.4. The summed E-state index contributed by atoms with van der Waals surface area (Å²) in [7, 11) is 0. The van der Waals surface area contributed by atoms with E-state index in [0.717, 1.165) is 4.47 Å². The number of fused-ring (bicyclic) bond motifs is 5. The highest BCUT2D eigenvalue weighted by Crippen LogP contribution is 2.60. The topological polar surface area (TPSA) is 0 Å². The average Bonchev–Trinajstić information content (AvgIpc) is 3.29. The summed E-state index contributed by atoms with van der Waals surface area (Å²) in [6, 6.07) is 27.2. The number of hydrogen-bond donors (Lipinski definition) is 0. The lowest BCUT2D eigenvalue weighted by Gasteiger charge is -2.40. The van der Waals surface area contributed by atoms with Crippen molar-refractivity contribution in [3.05, 3.63) is 111 Å². The van der Waals surface area contributed by atoms with Crippen molar-refractivity contribution < 1.29 is 0 Å². The molecule has 158 valence electrons. The van der Waals surface area contributed by atoms with Gasteiger partial charge in [0.15, 0.2) is 0 Å². The summed E-state index contributed by atoms with van der Waals surface area (Å²) >= 11 is 3.68. The molecule has 0 heterocycles. The maximum absolute atomic E-state index is 3.68. The van der Waals surface area contributed by atoms with Crippen molar-refractivity contribution in [1.29, 1.82) is 0 Å². The van der Waals surface area contributed by atoms with Gasteiger partial charge in [-0.05, 0) is 87.2 Å². The second-order valence-electron chi connectivity index (χ2n) is 10.1. The Hall–Kier alpha value is -2.64. The van der Waals surface area contributed by atoms with Crippen molar-refractivity contribution in [3.8, 4) is 11.1 Å². The minimum Gasteiger partial charge on any atom is -0.0646 e. The smallest absolute Gasteiger partial charge is 0.0181 e. The second-order valence-corrected chi connectivity index (χ2v) is 11.0. The van der Waals surface area contributed by atoms with E-state index in [4.69, 9.17) is 0 Å². The molecule has 0 aliphatic heterocycles. The van der Waals surface area contributed by atoms with Crippen LogP contribution < -0.4 is 0 Å². The zero-order valence-electron chi connectivity index (χ0n) is 19.0. The molecule has 2 aliphatic rings. The molecule has 1 heteroatoms. The van der Waals surface area contributed by atoms with E-state index in [-0.39, 0.29) is 5.41 Å². The fourth-order valence-electron chi connectivity index (χ4n) is 6.70. The molecule has 0 saturated carbocycles. The number of hydrogen-bond acceptors (Lipinski definition) is 0. The molecule has 1 atom stereocenters. The van der Waals surface area contributed by atoms with Crippen LogP contribution in [-0.2, 0) is 0 Å². The molecule has 0 spiro atoms. The van der Waals surface area contributed by atoms with Gasteiger partial charge in [0.2, 0.25) is 0 Å². The van der Waals surface area contributed by atoms with E-state index in [1.807, 2.05) is 0 Å². The predicted octanol–water partition coefficient (Wildman–Crippen LogP) is 9.25. The molecule has 0 fully saturated rings. The van der Waals surface area contributed by atoms with Crippen LogP contribution in [0.2, 0.25) is 0 Å². The van der Waals surface area contributed by atoms with Crippen molar-refractivity contribution >= 4 is 32.8 Å². The highest BCUT2D eigenvalue weighted by Gasteiger charge is 2.46. The fourth-order valence-corrected chi connectivity index (χ4v) is 7.08. The van der Waals surface area contributed by atoms with E-state index < -0.39 is 0 Å². The quantitative estimate of drug-likeness (QED) is 0.269. The van der Waals surface area contributed by atoms with Crippen molar-refractivity contribution in [2.45, 2.75) is 39.5 Å². The number of aryl methyl sites for hydroxylation is 1. The predicted molar refractivity (Wildman–Crippen MR) is 140 cm³/mol. The first-order valence-electron chi connectivity index (χ1n) is 11.5. The first kappa shape index (κ1) is 20.0. The minimum absolute atomic E-state index is 0.0284. The molecule has 4 aromatic carbocycles. The molecular weight excluding hydrogens is 452 g/mol. The Balaban J connectivity index is 1.57. The van der Waals surface area contributed by atoms with Gasteiger partial charge in [-0.2, -0.15) is 0 Å². The van der Waals surface area contributed by atoms with Gasteiger partial charge in [0.25, 0.3) is 0 Å². The molecule has 0 radical (unpaired) electrons. The summed E-state index contributed by atoms with van der Waals surface area (Å²) in [4.78, 5) is 0. The lowest BCUT2D eigenvalue weighted by molar-refractivity contribution is 0.278. The third-order valence-electron chi connectivity index (χ3n) is 7.90. The first-order valence-corrected chi connectivity index (χ1v) is 12.3. The van der Waals surface area contributed by atoms with Crippen LogP contribution in [-0.4, -0.2) is 0 Å². The van der Waals surface area contributed by atoms with E-state index >= 15 is 0 Å². The lowest BCUT2D eigenvalue weighted by Crippen LogP contribution is -2.29. The Morgan fingerprint density at radius 2 is 1.34 bits per heavy atom. The van der Waals surface area contributed by atoms with Crippen LogP contribution in [0.25, 0.3) is 28.0 Å². The SMILES string of the molecule is CC1=Cc2c(cc3cc(Br)ccc3c2C)C1C(C)(C)C1c2ccccc2-c2ccccc21. The van der Waals surface area contributed by atoms with Gasteiger partial charge in [-0.3, -0.25) is 0 Å². The Morgan fingerprint density at radius 3 is 2.00 bits per heavy atom. The molecule has 1 unspecified atom stereocenters. The van der Waals surface area contributed by atoms with Gasteiger partial charge in [-0.1, -0.05) is 96.0 Å². The molecule has 0 N–H and O–H groups in total. The zero-order chi connectivity index (χ0) is 22.2. The summed E-state index contributed by atoms with van der Waals surface area (Å²) in [5, 5.41) is 2.68. The van der Waals surface area contributed by atoms with Crippen LogP contribution in [0.5, 0.6) is 0 Å². The highest BCUT2D eigenvalue weighted by molar-refractivity contribution is 9.10. The van der Waals surface area contributed by atoms with E-state index in [9.17, 15) is 0 Å². The molecule has 0 aromatic heterocycles. The largest absolute Gasteiger partial charge is 0.0646 e. The van der Waals surface area contributed by atoms with Crippen LogP contribution in [0.15, 0.2) is 82.8 Å². The Morgan fingerprint density at radius 1 is 0.719 bits per heavy atom. The molecule has 32 heavy (non-hydrogen) atoms. The van der Waals surface area contributed by atoms with Gasteiger partial charge in [-0.15, -0.1) is 0 Å². The lowest BCUT2D eigenvalue weighted by atomic mass is 9.62. The van der Waals surface area contributed by atoms with Gasteiger partial charge in [-0.25, -0.2) is 0 Å². The Kier molecular flexibility index (Phi) is 4.33. The van der Waals surface area contributed by atoms with Crippen LogP contribution >= 0.6 is 15.9 Å². The van der Waals surface area contributed by atoms with E-state index in [0.29, 0.717) is 11.8 Å². The van der Waals surface area contributed by atoms with Gasteiger partial charge >= 0.3 is 0 Å². The molecule has 0 amide bonds. The van der Waals surface area contributed by atoms with Gasteiger partial charge < -0.3 is 0 Å². The second kappa shape index (κ2) is 6.93.